The number of nitrogen functional groups attached to an aromatic ring is 2. The van der Waals surface area contributed by atoms with Crippen molar-refractivity contribution in [3.63, 3.8) is 0 Å². The second-order valence-corrected chi connectivity index (χ2v) is 3.84. The second kappa shape index (κ2) is 3.28. The lowest BCUT2D eigenvalue weighted by atomic mass is 10.0. The Morgan fingerprint density at radius 3 is 2.69 bits per heavy atom. The molecule has 4 nitrogen and oxygen atoms in total. The molecule has 4 heteroatoms. The summed E-state index contributed by atoms with van der Waals surface area (Å²) in [6, 6.07) is 0. The van der Waals surface area contributed by atoms with E-state index in [1.807, 2.05) is 0 Å². The SMILES string of the molecule is Nc1c(CC2CCCC2)ncn1N. The highest BCUT2D eigenvalue weighted by Gasteiger charge is 2.18. The summed E-state index contributed by atoms with van der Waals surface area (Å²) >= 11 is 0. The third kappa shape index (κ3) is 1.61. The van der Waals surface area contributed by atoms with Crippen LogP contribution in [0, 0.1) is 5.92 Å². The quantitative estimate of drug-likeness (QED) is 0.665. The first-order valence-electron chi connectivity index (χ1n) is 4.84. The van der Waals surface area contributed by atoms with E-state index in [4.69, 9.17) is 11.6 Å². The molecule has 1 aromatic heterocycles. The summed E-state index contributed by atoms with van der Waals surface area (Å²) < 4.78 is 1.39. The lowest BCUT2D eigenvalue weighted by molar-refractivity contribution is 0.541. The van der Waals surface area contributed by atoms with Gasteiger partial charge in [0, 0.05) is 0 Å². The molecular formula is C9H16N4. The number of nitrogens with zero attached hydrogens (tertiary/aromatic N) is 2. The molecule has 0 radical (unpaired) electrons. The Morgan fingerprint density at radius 2 is 2.15 bits per heavy atom. The van der Waals surface area contributed by atoms with Crippen molar-refractivity contribution in [2.45, 2.75) is 32.1 Å². The van der Waals surface area contributed by atoms with Crippen LogP contribution in [-0.2, 0) is 6.42 Å². The smallest absolute Gasteiger partial charge is 0.145 e. The van der Waals surface area contributed by atoms with Gasteiger partial charge in [-0.1, -0.05) is 25.7 Å². The zero-order chi connectivity index (χ0) is 9.26. The maximum Gasteiger partial charge on any atom is 0.145 e. The van der Waals surface area contributed by atoms with Crippen LogP contribution < -0.4 is 11.6 Å². The van der Waals surface area contributed by atoms with Crippen molar-refractivity contribution < 1.29 is 0 Å². The van der Waals surface area contributed by atoms with E-state index in [0.717, 1.165) is 18.0 Å². The number of hydrogen-bond acceptors (Lipinski definition) is 3. The molecule has 1 fully saturated rings. The standard InChI is InChI=1S/C9H16N4/c10-9-8(12-6-13(9)11)5-7-3-1-2-4-7/h6-7H,1-5,10-11H2. The van der Waals surface area contributed by atoms with Crippen molar-refractivity contribution in [1.82, 2.24) is 9.66 Å². The van der Waals surface area contributed by atoms with Gasteiger partial charge in [-0.15, -0.1) is 0 Å². The van der Waals surface area contributed by atoms with Gasteiger partial charge in [0.15, 0.2) is 0 Å². The van der Waals surface area contributed by atoms with E-state index in [-0.39, 0.29) is 0 Å². The predicted octanol–water partition coefficient (Wildman–Crippen LogP) is 0.912. The molecule has 1 aliphatic rings. The zero-order valence-electron chi connectivity index (χ0n) is 7.74. The van der Waals surface area contributed by atoms with Gasteiger partial charge in [-0.25, -0.2) is 9.66 Å². The van der Waals surface area contributed by atoms with Crippen molar-refractivity contribution in [3.05, 3.63) is 12.0 Å². The van der Waals surface area contributed by atoms with Gasteiger partial charge in [0.2, 0.25) is 0 Å². The highest BCUT2D eigenvalue weighted by molar-refractivity contribution is 5.36. The third-order valence-electron chi connectivity index (χ3n) is 2.87. The Balaban J connectivity index is 2.04. The molecule has 0 amide bonds. The Bertz CT molecular complexity index is 286. The number of anilines is 1. The van der Waals surface area contributed by atoms with Crippen LogP contribution in [-0.4, -0.2) is 9.66 Å². The molecule has 0 unspecified atom stereocenters. The van der Waals surface area contributed by atoms with Crippen LogP contribution in [0.25, 0.3) is 0 Å². The number of nitrogens with two attached hydrogens (primary N) is 2. The largest absolute Gasteiger partial charge is 0.382 e. The fourth-order valence-corrected chi connectivity index (χ4v) is 2.05. The monoisotopic (exact) mass is 180 g/mol. The van der Waals surface area contributed by atoms with Crippen LogP contribution in [0.2, 0.25) is 0 Å². The van der Waals surface area contributed by atoms with E-state index in [1.54, 1.807) is 6.33 Å². The molecule has 72 valence electrons. The van der Waals surface area contributed by atoms with E-state index in [9.17, 15) is 0 Å². The summed E-state index contributed by atoms with van der Waals surface area (Å²) in [6.45, 7) is 0. The van der Waals surface area contributed by atoms with Crippen LogP contribution in [0.5, 0.6) is 0 Å². The Labute approximate surface area is 77.9 Å². The minimum atomic E-state index is 0.618. The topological polar surface area (TPSA) is 69.9 Å². The molecule has 0 atom stereocenters. The average Bonchev–Trinajstić information content (AvgIpc) is 2.71. The van der Waals surface area contributed by atoms with Crippen molar-refractivity contribution in [3.8, 4) is 0 Å². The normalized spacial score (nSPS) is 18.2. The summed E-state index contributed by atoms with van der Waals surface area (Å²) in [6.07, 6.45) is 7.92. The minimum Gasteiger partial charge on any atom is -0.382 e. The first-order chi connectivity index (χ1) is 6.27. The highest BCUT2D eigenvalue weighted by Crippen LogP contribution is 2.28. The zero-order valence-corrected chi connectivity index (χ0v) is 7.74. The van der Waals surface area contributed by atoms with E-state index in [1.165, 1.54) is 30.4 Å². The summed E-state index contributed by atoms with van der Waals surface area (Å²) in [5.74, 6) is 6.94. The number of rotatable bonds is 2. The maximum absolute atomic E-state index is 5.76. The van der Waals surface area contributed by atoms with E-state index in [0.29, 0.717) is 5.82 Å². The van der Waals surface area contributed by atoms with Gasteiger partial charge in [-0.2, -0.15) is 0 Å². The molecule has 0 aliphatic heterocycles. The molecule has 1 aromatic rings. The van der Waals surface area contributed by atoms with Gasteiger partial charge < -0.3 is 11.6 Å². The van der Waals surface area contributed by atoms with Crippen molar-refractivity contribution in [2.75, 3.05) is 11.6 Å². The molecule has 0 aromatic carbocycles. The number of imidazole rings is 1. The van der Waals surface area contributed by atoms with Crippen molar-refractivity contribution in [2.24, 2.45) is 5.92 Å². The highest BCUT2D eigenvalue weighted by atomic mass is 15.3. The number of aromatic nitrogens is 2. The summed E-state index contributed by atoms with van der Waals surface area (Å²) in [7, 11) is 0. The van der Waals surface area contributed by atoms with Gasteiger partial charge >= 0.3 is 0 Å². The Kier molecular flexibility index (Phi) is 2.12. The average molecular weight is 180 g/mol. The molecule has 0 bridgehead atoms. The van der Waals surface area contributed by atoms with Crippen LogP contribution >= 0.6 is 0 Å². The Morgan fingerprint density at radius 1 is 1.46 bits per heavy atom. The van der Waals surface area contributed by atoms with Crippen molar-refractivity contribution >= 4 is 5.82 Å². The van der Waals surface area contributed by atoms with Gasteiger partial charge in [0.1, 0.15) is 12.1 Å². The lowest BCUT2D eigenvalue weighted by Gasteiger charge is -2.06. The lowest BCUT2D eigenvalue weighted by Crippen LogP contribution is -2.11. The van der Waals surface area contributed by atoms with Crippen LogP contribution in [0.4, 0.5) is 5.82 Å². The molecule has 2 rings (SSSR count). The maximum atomic E-state index is 5.76. The Hall–Kier alpha value is -1.19. The molecule has 1 aliphatic carbocycles. The first kappa shape index (κ1) is 8.41. The van der Waals surface area contributed by atoms with Gasteiger partial charge in [0.05, 0.1) is 5.69 Å². The van der Waals surface area contributed by atoms with E-state index >= 15 is 0 Å². The molecule has 1 saturated carbocycles. The minimum absolute atomic E-state index is 0.618. The third-order valence-corrected chi connectivity index (χ3v) is 2.87. The second-order valence-electron chi connectivity index (χ2n) is 3.84. The summed E-state index contributed by atoms with van der Waals surface area (Å²) in [5.41, 5.74) is 6.72. The molecule has 0 saturated heterocycles. The van der Waals surface area contributed by atoms with Crippen LogP contribution in [0.15, 0.2) is 6.33 Å². The predicted molar refractivity (Wildman–Crippen MR) is 52.5 cm³/mol. The summed E-state index contributed by atoms with van der Waals surface area (Å²) in [5, 5.41) is 0. The van der Waals surface area contributed by atoms with Crippen molar-refractivity contribution in [1.29, 1.82) is 0 Å². The van der Waals surface area contributed by atoms with Crippen LogP contribution in [0.3, 0.4) is 0 Å². The molecular weight excluding hydrogens is 164 g/mol. The fraction of sp³-hybridized carbons (Fsp3) is 0.667. The fourth-order valence-electron chi connectivity index (χ4n) is 2.05. The first-order valence-corrected chi connectivity index (χ1v) is 4.84. The molecule has 0 spiro atoms. The van der Waals surface area contributed by atoms with E-state index < -0.39 is 0 Å². The number of hydrogen-bond donors (Lipinski definition) is 2. The van der Waals surface area contributed by atoms with Gasteiger partial charge in [0.25, 0.3) is 0 Å². The molecule has 13 heavy (non-hydrogen) atoms. The van der Waals surface area contributed by atoms with Gasteiger partial charge in [-0.3, -0.25) is 0 Å². The molecule has 4 N–H and O–H groups in total. The van der Waals surface area contributed by atoms with Crippen LogP contribution in [0.1, 0.15) is 31.4 Å². The van der Waals surface area contributed by atoms with E-state index in [2.05, 4.69) is 4.98 Å². The summed E-state index contributed by atoms with van der Waals surface area (Å²) in [4.78, 5) is 4.19. The molecule has 1 heterocycles. The van der Waals surface area contributed by atoms with Gasteiger partial charge in [-0.05, 0) is 12.3 Å².